The molecule has 8 N–H and O–H groups in total. The Labute approximate surface area is 186 Å². The molecule has 1 aliphatic heterocycles. The summed E-state index contributed by atoms with van der Waals surface area (Å²) in [5, 5.41) is 24.5. The molecule has 3 heterocycles. The zero-order chi connectivity index (χ0) is 23.0. The second-order valence-corrected chi connectivity index (χ2v) is 7.77. The smallest absolute Gasteiger partial charge is 0.350 e. The van der Waals surface area contributed by atoms with Crippen LogP contribution in [0.2, 0.25) is 0 Å². The van der Waals surface area contributed by atoms with Crippen molar-refractivity contribution in [3.8, 4) is 12.3 Å². The number of hydrogen-bond acceptors (Lipinski definition) is 12. The van der Waals surface area contributed by atoms with Gasteiger partial charge in [0, 0.05) is 15.6 Å². The summed E-state index contributed by atoms with van der Waals surface area (Å²) in [6.45, 7) is 1.96. The molecule has 1 aliphatic rings. The van der Waals surface area contributed by atoms with E-state index >= 15 is 0 Å². The van der Waals surface area contributed by atoms with E-state index in [2.05, 4.69) is 20.6 Å². The summed E-state index contributed by atoms with van der Waals surface area (Å²) >= 11 is 1.23. The number of ether oxygens (including phenoxy) is 1. The van der Waals surface area contributed by atoms with Crippen molar-refractivity contribution in [1.82, 2.24) is 10.3 Å². The average molecular weight is 447 g/mol. The van der Waals surface area contributed by atoms with Gasteiger partial charge in [-0.15, -0.1) is 11.3 Å². The first-order valence-electron chi connectivity index (χ1n) is 9.37. The van der Waals surface area contributed by atoms with Crippen molar-refractivity contribution >= 4 is 56.4 Å². The Morgan fingerprint density at radius 1 is 1.31 bits per heavy atom. The molecule has 0 spiro atoms. The van der Waals surface area contributed by atoms with E-state index in [0.717, 1.165) is 4.70 Å². The van der Waals surface area contributed by atoms with Gasteiger partial charge in [-0.25, -0.2) is 14.8 Å². The first-order valence-corrected chi connectivity index (χ1v) is 10.2. The second-order valence-electron chi connectivity index (χ2n) is 6.72. The molecular weight excluding hydrogens is 430 g/mol. The molecule has 0 bridgehead atoms. The van der Waals surface area contributed by atoms with Crippen molar-refractivity contribution in [2.75, 3.05) is 29.1 Å². The number of esters is 1. The highest BCUT2D eigenvalue weighted by Gasteiger charge is 2.30. The molecular formula is C20H17N9O2S. The van der Waals surface area contributed by atoms with Gasteiger partial charge in [-0.1, -0.05) is 6.07 Å². The Kier molecular flexibility index (Phi) is 5.14. The Morgan fingerprint density at radius 3 is 2.78 bits per heavy atom. The number of guanidine groups is 1. The highest BCUT2D eigenvalue weighted by molar-refractivity contribution is 7.21. The number of aliphatic imine (C=N–C) groups is 1. The lowest BCUT2D eigenvalue weighted by atomic mass is 9.94. The summed E-state index contributed by atoms with van der Waals surface area (Å²) in [6.07, 6.45) is 1.80. The molecule has 1 aromatic carbocycles. The van der Waals surface area contributed by atoms with E-state index in [1.54, 1.807) is 19.2 Å². The standard InChI is InChI=1S/C20H17N9O2S/c1-2-31-19(30)16-14(24)9-5-8(3-4-11(9)32-16)15-12-13(23)10(6-21)17(25)28-18(12)29-20(27-15)26-7-22/h3-5,15H,2,24H2,1H3,(H6,23,25,26,27,28,29). The van der Waals surface area contributed by atoms with Crippen LogP contribution in [0.5, 0.6) is 0 Å². The third kappa shape index (κ3) is 3.25. The fraction of sp³-hybridized carbons (Fsp3) is 0.150. The Balaban J connectivity index is 1.90. The maximum absolute atomic E-state index is 12.2. The van der Waals surface area contributed by atoms with Crippen LogP contribution in [0, 0.1) is 22.8 Å². The number of hydrogen-bond donors (Lipinski definition) is 5. The van der Waals surface area contributed by atoms with Crippen LogP contribution < -0.4 is 27.8 Å². The SMILES string of the molecule is CCOC(=O)c1sc2ccc(C3N=C(NC#N)Nc4nc(N)c(C#N)c(N)c43)cc2c1N. The number of fused-ring (bicyclic) bond motifs is 2. The van der Waals surface area contributed by atoms with Crippen molar-refractivity contribution < 1.29 is 9.53 Å². The van der Waals surface area contributed by atoms with Gasteiger partial charge in [0.1, 0.15) is 34.2 Å². The highest BCUT2D eigenvalue weighted by atomic mass is 32.1. The lowest BCUT2D eigenvalue weighted by Gasteiger charge is -2.26. The summed E-state index contributed by atoms with van der Waals surface area (Å²) < 4.78 is 5.88. The topological polar surface area (TPSA) is 201 Å². The zero-order valence-corrected chi connectivity index (χ0v) is 17.6. The molecule has 1 atom stereocenters. The van der Waals surface area contributed by atoms with E-state index in [9.17, 15) is 10.1 Å². The molecule has 0 aliphatic carbocycles. The number of thiophene rings is 1. The summed E-state index contributed by atoms with van der Waals surface area (Å²) in [6, 6.07) is 6.66. The maximum Gasteiger partial charge on any atom is 0.350 e. The van der Waals surface area contributed by atoms with Gasteiger partial charge in [-0.2, -0.15) is 10.5 Å². The van der Waals surface area contributed by atoms with E-state index in [4.69, 9.17) is 27.2 Å². The molecule has 1 unspecified atom stereocenters. The Morgan fingerprint density at radius 2 is 2.09 bits per heavy atom. The molecule has 160 valence electrons. The molecule has 32 heavy (non-hydrogen) atoms. The van der Waals surface area contributed by atoms with E-state index in [1.807, 2.05) is 18.2 Å². The van der Waals surface area contributed by atoms with Crippen LogP contribution in [-0.2, 0) is 4.74 Å². The van der Waals surface area contributed by atoms with Crippen LogP contribution >= 0.6 is 11.3 Å². The number of pyridine rings is 1. The lowest BCUT2D eigenvalue weighted by Crippen LogP contribution is -2.32. The summed E-state index contributed by atoms with van der Waals surface area (Å²) in [7, 11) is 0. The highest BCUT2D eigenvalue weighted by Crippen LogP contribution is 2.43. The quantitative estimate of drug-likeness (QED) is 0.224. The summed E-state index contributed by atoms with van der Waals surface area (Å²) in [5.74, 6) is -0.0974. The number of nitrogens with one attached hydrogen (secondary N) is 2. The average Bonchev–Trinajstić information content (AvgIpc) is 3.10. The molecule has 0 amide bonds. The van der Waals surface area contributed by atoms with E-state index < -0.39 is 12.0 Å². The van der Waals surface area contributed by atoms with Gasteiger partial charge >= 0.3 is 5.97 Å². The van der Waals surface area contributed by atoms with Crippen molar-refractivity contribution in [2.24, 2.45) is 4.99 Å². The Bertz CT molecular complexity index is 1380. The fourth-order valence-electron chi connectivity index (χ4n) is 3.47. The normalized spacial score (nSPS) is 14.5. The fourth-order valence-corrected chi connectivity index (χ4v) is 4.47. The zero-order valence-electron chi connectivity index (χ0n) is 16.8. The lowest BCUT2D eigenvalue weighted by molar-refractivity contribution is 0.0533. The molecule has 0 radical (unpaired) electrons. The van der Waals surface area contributed by atoms with E-state index in [0.29, 0.717) is 27.1 Å². The Hall–Kier alpha value is -4.55. The van der Waals surface area contributed by atoms with Gasteiger partial charge < -0.3 is 27.3 Å². The minimum atomic E-state index is -0.711. The molecule has 3 aromatic rings. The number of nitriles is 2. The van der Waals surface area contributed by atoms with Crippen molar-refractivity contribution in [3.63, 3.8) is 0 Å². The first-order chi connectivity index (χ1) is 15.4. The van der Waals surface area contributed by atoms with Gasteiger partial charge in [-0.3, -0.25) is 5.32 Å². The van der Waals surface area contributed by atoms with Gasteiger partial charge in [0.25, 0.3) is 0 Å². The van der Waals surface area contributed by atoms with Crippen molar-refractivity contribution in [3.05, 3.63) is 39.8 Å². The van der Waals surface area contributed by atoms with Gasteiger partial charge in [0.05, 0.1) is 18.0 Å². The van der Waals surface area contributed by atoms with Crippen molar-refractivity contribution in [2.45, 2.75) is 13.0 Å². The number of rotatable bonds is 3. The van der Waals surface area contributed by atoms with Crippen LogP contribution in [0.1, 0.15) is 39.3 Å². The number of nitrogens with two attached hydrogens (primary N) is 3. The monoisotopic (exact) mass is 447 g/mol. The van der Waals surface area contributed by atoms with Crippen LogP contribution in [0.15, 0.2) is 23.2 Å². The van der Waals surface area contributed by atoms with Gasteiger partial charge in [0.2, 0.25) is 5.96 Å². The first kappa shape index (κ1) is 20.7. The van der Waals surface area contributed by atoms with Crippen molar-refractivity contribution in [1.29, 1.82) is 10.5 Å². The number of carbonyl (C=O) groups is 1. The van der Waals surface area contributed by atoms with Crippen LogP contribution in [0.4, 0.5) is 23.0 Å². The van der Waals surface area contributed by atoms with Gasteiger partial charge in [-0.05, 0) is 24.6 Å². The van der Waals surface area contributed by atoms with Crippen LogP contribution in [0.3, 0.4) is 0 Å². The molecule has 0 saturated heterocycles. The van der Waals surface area contributed by atoms with Crippen LogP contribution in [-0.4, -0.2) is 23.5 Å². The number of aromatic nitrogens is 1. The third-order valence-electron chi connectivity index (χ3n) is 4.88. The molecule has 12 heteroatoms. The molecule has 2 aromatic heterocycles. The number of carbonyl (C=O) groups excluding carboxylic acids is 1. The van der Waals surface area contributed by atoms with E-state index in [-0.39, 0.29) is 35.5 Å². The molecule has 0 fully saturated rings. The molecule has 4 rings (SSSR count). The van der Waals surface area contributed by atoms with Gasteiger partial charge in [0.15, 0.2) is 6.19 Å². The number of benzene rings is 1. The summed E-state index contributed by atoms with van der Waals surface area (Å²) in [5.41, 5.74) is 20.0. The maximum atomic E-state index is 12.2. The van der Waals surface area contributed by atoms with E-state index in [1.165, 1.54) is 11.3 Å². The summed E-state index contributed by atoms with van der Waals surface area (Å²) in [4.78, 5) is 21.3. The second kappa shape index (κ2) is 7.94. The largest absolute Gasteiger partial charge is 0.462 e. The minimum Gasteiger partial charge on any atom is -0.462 e. The predicted molar refractivity (Wildman–Crippen MR) is 122 cm³/mol. The molecule has 11 nitrogen and oxygen atoms in total. The minimum absolute atomic E-state index is 0.0372. The predicted octanol–water partition coefficient (Wildman–Crippen LogP) is 2.03. The number of nitrogens with zero attached hydrogens (tertiary/aromatic N) is 4. The number of anilines is 4. The molecule has 0 saturated carbocycles. The third-order valence-corrected chi connectivity index (χ3v) is 6.05. The van der Waals surface area contributed by atoms with Crippen LogP contribution in [0.25, 0.3) is 10.1 Å². The number of nitrogen functional groups attached to an aromatic ring is 3.